The van der Waals surface area contributed by atoms with Gasteiger partial charge in [0.25, 0.3) is 5.91 Å². The fraction of sp³-hybridized carbons (Fsp3) is 0.825. The molecule has 0 aliphatic carbocycles. The van der Waals surface area contributed by atoms with Crippen molar-refractivity contribution in [2.75, 3.05) is 58.1 Å². The van der Waals surface area contributed by atoms with Crippen LogP contribution in [0.5, 0.6) is 0 Å². The number of benzene rings is 1. The second kappa shape index (κ2) is 39.8. The van der Waals surface area contributed by atoms with E-state index in [1.54, 1.807) is 0 Å². The highest BCUT2D eigenvalue weighted by Crippen LogP contribution is 2.38. The number of ether oxygens (including phenoxy) is 14. The Labute approximate surface area is 619 Å². The average molecular weight is 1580 g/mol. The summed E-state index contributed by atoms with van der Waals surface area (Å²) in [6, 6.07) is -1.40. The van der Waals surface area contributed by atoms with Crippen LogP contribution in [0.4, 0.5) is 5.69 Å². The third-order valence-electron chi connectivity index (χ3n) is 19.4. The molecule has 624 valence electrons. The van der Waals surface area contributed by atoms with Crippen LogP contribution in [0.1, 0.15) is 45.0 Å². The zero-order valence-corrected chi connectivity index (χ0v) is 59.2. The number of hydrogen-bond acceptors (Lipinski definition) is 41. The molecule has 46 nitrogen and oxygen atoms in total. The lowest BCUT2D eigenvalue weighted by Crippen LogP contribution is -2.70. The van der Waals surface area contributed by atoms with Crippen molar-refractivity contribution in [3.8, 4) is 0 Å². The fourth-order valence-electron chi connectivity index (χ4n) is 13.5. The summed E-state index contributed by atoms with van der Waals surface area (Å²) in [6.45, 7) is -2.88. The van der Waals surface area contributed by atoms with Gasteiger partial charge < -0.3 is 206 Å². The summed E-state index contributed by atoms with van der Waals surface area (Å²) in [7, 11) is 0. The number of para-hydroxylation sites is 1. The summed E-state index contributed by atoms with van der Waals surface area (Å²) in [6.07, 6.45) is -71.9. The minimum absolute atomic E-state index is 0.0565. The van der Waals surface area contributed by atoms with E-state index in [1.165, 1.54) is 31.2 Å². The van der Waals surface area contributed by atoms with Gasteiger partial charge in [-0.15, -0.1) is 0 Å². The Balaban J connectivity index is 1.16. The highest BCUT2D eigenvalue weighted by molar-refractivity contribution is 5.98. The summed E-state index contributed by atoms with van der Waals surface area (Å²) in [5, 5.41) is 248. The van der Waals surface area contributed by atoms with Crippen molar-refractivity contribution in [1.82, 2.24) is 21.3 Å². The Bertz CT molecular complexity index is 3080. The van der Waals surface area contributed by atoms with Gasteiger partial charge in [-0.2, -0.15) is 0 Å². The Kier molecular flexibility index (Phi) is 32.7. The normalized spacial score (nSPS) is 42.5. The fourth-order valence-corrected chi connectivity index (χ4v) is 13.5. The third kappa shape index (κ3) is 21.1. The lowest BCUT2D eigenvalue weighted by Gasteiger charge is -2.50. The first kappa shape index (κ1) is 89.5. The van der Waals surface area contributed by atoms with Gasteiger partial charge in [-0.1, -0.05) is 12.1 Å². The molecule has 7 saturated heterocycles. The van der Waals surface area contributed by atoms with Crippen molar-refractivity contribution in [2.45, 2.75) is 274 Å². The number of anilines is 1. The van der Waals surface area contributed by atoms with Crippen molar-refractivity contribution in [2.24, 2.45) is 5.73 Å². The van der Waals surface area contributed by atoms with Crippen LogP contribution in [0.3, 0.4) is 0 Å². The third-order valence-corrected chi connectivity index (χ3v) is 19.4. The number of primary amides is 1. The van der Waals surface area contributed by atoms with Crippen LogP contribution in [0.15, 0.2) is 24.3 Å². The largest absolute Gasteiger partial charge is 0.394 e. The molecule has 28 N–H and O–H groups in total. The first-order chi connectivity index (χ1) is 51.5. The topological polar surface area (TPSA) is 726 Å². The van der Waals surface area contributed by atoms with Crippen molar-refractivity contribution in [3.05, 3.63) is 29.8 Å². The standard InChI is InChI=1S/C63H102N6O40/c1-18-36(80)46(90)49(93)60(98-18)96-16-26(79)51(37(81)25(66-19(2)75)10-65-24-9-7-6-8-23(24)56(64)95)105-59-35(69-22(5)78)45(89)52(31(15-74)103-59)106-61-50(94)53(107-63-55(48(92)41(85)30(14-73)102-63)109-58-34(68-21(4)77)44(88)39(83)28(12-71)100-58)42(86)32(104-61)17-97-62-54(47(91)40(84)29(13-72)101-62)108-57-33(67-20(3)76)43(87)38(82)27(11-70)99-57/h6-9,18,25-55,57-63,65,70-74,79-94H,10-17H2,1-5H3,(H2,64,95)(H,66,75)(H,67,76)(H,68,77)(H,69,78)/t18?,25?,26?,27?,28?,29?,30?,31?,32?,33-,34?,35?,36+,37+,38+,39+,40+,41+,42+,43?,44+,45+,46-,47-,48-,49?,50?,51+,52+,53-,54?,55?,57-,58-,59-,60+,61-,62-,63+/m0/s1. The number of carbonyl (C=O) groups is 5. The number of nitrogens with two attached hydrogens (primary N) is 1. The second-order valence-corrected chi connectivity index (χ2v) is 27.3. The van der Waals surface area contributed by atoms with Gasteiger partial charge in [0.2, 0.25) is 23.6 Å². The van der Waals surface area contributed by atoms with E-state index < -0.39 is 321 Å². The quantitative estimate of drug-likeness (QED) is 0.0318. The molecular weight excluding hydrogens is 1480 g/mol. The van der Waals surface area contributed by atoms with Gasteiger partial charge in [0.15, 0.2) is 44.0 Å². The summed E-state index contributed by atoms with van der Waals surface area (Å²) >= 11 is 0. The lowest BCUT2D eigenvalue weighted by molar-refractivity contribution is -0.395. The molecule has 7 aliphatic heterocycles. The molecule has 46 heteroatoms. The first-order valence-electron chi connectivity index (χ1n) is 34.7. The molecule has 5 amide bonds. The molecule has 0 spiro atoms. The van der Waals surface area contributed by atoms with E-state index in [2.05, 4.69) is 26.6 Å². The zero-order chi connectivity index (χ0) is 80.5. The number of aliphatic hydroxyl groups is 21. The molecule has 0 aromatic heterocycles. The van der Waals surface area contributed by atoms with Crippen LogP contribution in [0.2, 0.25) is 0 Å². The number of amides is 5. The van der Waals surface area contributed by atoms with E-state index in [-0.39, 0.29) is 11.3 Å². The van der Waals surface area contributed by atoms with Gasteiger partial charge in [0, 0.05) is 39.9 Å². The van der Waals surface area contributed by atoms with Crippen LogP contribution in [0, 0.1) is 0 Å². The summed E-state index contributed by atoms with van der Waals surface area (Å²) in [5.41, 5.74) is 5.62. The Hall–Kier alpha value is -5.03. The van der Waals surface area contributed by atoms with Crippen LogP contribution >= 0.6 is 0 Å². The molecule has 39 atom stereocenters. The summed E-state index contributed by atoms with van der Waals surface area (Å²) in [4.78, 5) is 63.5. The maximum Gasteiger partial charge on any atom is 0.250 e. The van der Waals surface area contributed by atoms with Crippen LogP contribution in [-0.2, 0) is 85.5 Å². The highest BCUT2D eigenvalue weighted by Gasteiger charge is 2.59. The zero-order valence-electron chi connectivity index (χ0n) is 59.2. The monoisotopic (exact) mass is 1580 g/mol. The molecule has 0 radical (unpaired) electrons. The molecule has 8 rings (SSSR count). The molecule has 0 bridgehead atoms. The van der Waals surface area contributed by atoms with E-state index in [4.69, 9.17) is 72.0 Å². The Morgan fingerprint density at radius 2 is 0.872 bits per heavy atom. The van der Waals surface area contributed by atoms with Gasteiger partial charge >= 0.3 is 0 Å². The van der Waals surface area contributed by atoms with Crippen molar-refractivity contribution in [1.29, 1.82) is 0 Å². The van der Waals surface area contributed by atoms with E-state index >= 15 is 0 Å². The van der Waals surface area contributed by atoms with Crippen molar-refractivity contribution in [3.63, 3.8) is 0 Å². The highest BCUT2D eigenvalue weighted by atomic mass is 16.8. The van der Waals surface area contributed by atoms with E-state index in [0.717, 1.165) is 27.7 Å². The number of aliphatic hydroxyl groups excluding tert-OH is 21. The van der Waals surface area contributed by atoms with Gasteiger partial charge in [-0.25, -0.2) is 0 Å². The molecule has 109 heavy (non-hydrogen) atoms. The number of rotatable bonds is 32. The van der Waals surface area contributed by atoms with Crippen molar-refractivity contribution < 1.29 is 198 Å². The molecule has 0 saturated carbocycles. The molecule has 7 heterocycles. The summed E-state index contributed by atoms with van der Waals surface area (Å²) in [5.74, 6) is -4.40. The van der Waals surface area contributed by atoms with Crippen LogP contribution in [0.25, 0.3) is 0 Å². The van der Waals surface area contributed by atoms with Gasteiger partial charge in [-0.05, 0) is 19.1 Å². The number of carbonyl (C=O) groups excluding carboxylic acids is 5. The number of nitrogens with one attached hydrogen (secondary N) is 5. The maximum absolute atomic E-state index is 13.3. The van der Waals surface area contributed by atoms with Gasteiger partial charge in [0.05, 0.1) is 64.0 Å². The SMILES string of the molecule is CC(=O)NC1[C@H](OC2[C@@H](O[C@@H]3C(O)[C@H](O[C@@H]4C(CO)O[C@@H](O[C@H](C(O)CO[C@@H]5OC(C)[C@@H](O)[C@H](O)C5O)[C@H](O)C(CNc5ccccc5C(N)=O)NC(C)=O)C(NC(C)=O)[C@H]4O)OC(CO[C@H]4OC(CO)[C@@H](O)[C@H](O)C4O[C@@H]4OC(CO)[C@@H](O)C(O)[C@@H]4NC(C)=O)[C@H]3O)OC(CO)[C@@H](O)[C@@H]2O)OC(CO)[C@@H](O)[C@@H]1O. The van der Waals surface area contributed by atoms with Crippen LogP contribution in [-0.4, -0.2) is 429 Å². The summed E-state index contributed by atoms with van der Waals surface area (Å²) < 4.78 is 83.4. The molecular formula is C63H102N6O40. The smallest absolute Gasteiger partial charge is 0.250 e. The molecule has 7 fully saturated rings. The van der Waals surface area contributed by atoms with Gasteiger partial charge in [0.1, 0.15) is 183 Å². The predicted molar refractivity (Wildman–Crippen MR) is 348 cm³/mol. The van der Waals surface area contributed by atoms with E-state index in [1.807, 2.05) is 0 Å². The van der Waals surface area contributed by atoms with Crippen molar-refractivity contribution >= 4 is 35.2 Å². The van der Waals surface area contributed by atoms with E-state index in [9.17, 15) is 131 Å². The number of hydrogen-bond donors (Lipinski definition) is 27. The van der Waals surface area contributed by atoms with Crippen LogP contribution < -0.4 is 32.3 Å². The predicted octanol–water partition coefficient (Wildman–Crippen LogP) is -16.0. The lowest BCUT2D eigenvalue weighted by atomic mass is 9.94. The molecule has 7 aliphatic rings. The molecule has 1 aromatic carbocycles. The van der Waals surface area contributed by atoms with E-state index in [0.29, 0.717) is 0 Å². The molecule has 1 aromatic rings. The Morgan fingerprint density at radius 1 is 0.431 bits per heavy atom. The minimum Gasteiger partial charge on any atom is -0.394 e. The van der Waals surface area contributed by atoms with Gasteiger partial charge in [-0.3, -0.25) is 24.0 Å². The Morgan fingerprint density at radius 3 is 1.37 bits per heavy atom. The first-order valence-corrected chi connectivity index (χ1v) is 34.7. The minimum atomic E-state index is -2.54. The maximum atomic E-state index is 13.3. The molecule has 16 unspecified atom stereocenters. The second-order valence-electron chi connectivity index (χ2n) is 27.3. The average Bonchev–Trinajstić information content (AvgIpc) is 0.775.